The van der Waals surface area contributed by atoms with Gasteiger partial charge in [-0.15, -0.1) is 0 Å². The van der Waals surface area contributed by atoms with E-state index in [-0.39, 0.29) is 11.7 Å². The van der Waals surface area contributed by atoms with E-state index in [4.69, 9.17) is 0 Å². The average molecular weight is 397 g/mol. The van der Waals surface area contributed by atoms with Crippen LogP contribution in [0.2, 0.25) is 0 Å². The first kappa shape index (κ1) is 19.1. The van der Waals surface area contributed by atoms with Gasteiger partial charge in [-0.2, -0.15) is 0 Å². The summed E-state index contributed by atoms with van der Waals surface area (Å²) in [6.07, 6.45) is 3.12. The maximum atomic E-state index is 14.0. The van der Waals surface area contributed by atoms with Gasteiger partial charge in [0.15, 0.2) is 5.82 Å². The van der Waals surface area contributed by atoms with E-state index >= 15 is 0 Å². The topological polar surface area (TPSA) is 46.1 Å². The molecule has 7 heteroatoms. The average Bonchev–Trinajstić information content (AvgIpc) is 2.74. The Morgan fingerprint density at radius 1 is 1.00 bits per heavy atom. The van der Waals surface area contributed by atoms with Gasteiger partial charge in [0.25, 0.3) is 5.91 Å². The van der Waals surface area contributed by atoms with Crippen LogP contribution in [0.25, 0.3) is 11.4 Å². The quantitative estimate of drug-likeness (QED) is 0.650. The van der Waals surface area contributed by atoms with Crippen LogP contribution < -0.4 is 0 Å². The first-order chi connectivity index (χ1) is 14.0. The van der Waals surface area contributed by atoms with E-state index in [2.05, 4.69) is 9.97 Å². The largest absolute Gasteiger partial charge is 0.338 e. The van der Waals surface area contributed by atoms with Crippen LogP contribution in [0.4, 0.5) is 13.2 Å². The molecule has 1 aliphatic heterocycles. The summed E-state index contributed by atoms with van der Waals surface area (Å²) in [5.74, 6) is -2.34. The second kappa shape index (κ2) is 8.03. The van der Waals surface area contributed by atoms with Gasteiger partial charge in [0.1, 0.15) is 23.0 Å². The van der Waals surface area contributed by atoms with Gasteiger partial charge in [-0.05, 0) is 55.3 Å². The Balaban J connectivity index is 1.57. The maximum Gasteiger partial charge on any atom is 0.259 e. The van der Waals surface area contributed by atoms with Crippen LogP contribution >= 0.6 is 0 Å². The Morgan fingerprint density at radius 3 is 2.45 bits per heavy atom. The number of nitrogens with zero attached hydrogens (tertiary/aromatic N) is 3. The standard InChI is InChI=1S/C22H18F3N3O/c23-16-8-6-14(7-9-16)21-26-11-10-19(27-21)15-3-2-12-28(13-15)22(29)20-17(24)4-1-5-18(20)25/h1,4-11,15H,2-3,12-13H2/t15-/m0/s1. The van der Waals surface area contributed by atoms with E-state index in [1.807, 2.05) is 0 Å². The van der Waals surface area contributed by atoms with Crippen LogP contribution in [0.5, 0.6) is 0 Å². The fraction of sp³-hybridized carbons (Fsp3) is 0.227. The van der Waals surface area contributed by atoms with Crippen molar-refractivity contribution in [1.29, 1.82) is 0 Å². The van der Waals surface area contributed by atoms with Gasteiger partial charge in [0.05, 0.1) is 0 Å². The molecule has 4 nitrogen and oxygen atoms in total. The van der Waals surface area contributed by atoms with Crippen molar-refractivity contribution >= 4 is 5.91 Å². The molecule has 2 aromatic carbocycles. The number of aromatic nitrogens is 2. The number of carbonyl (C=O) groups excluding carboxylic acids is 1. The lowest BCUT2D eigenvalue weighted by atomic mass is 9.94. The van der Waals surface area contributed by atoms with Crippen molar-refractivity contribution in [3.63, 3.8) is 0 Å². The van der Waals surface area contributed by atoms with Gasteiger partial charge in [-0.3, -0.25) is 4.79 Å². The SMILES string of the molecule is O=C(c1c(F)cccc1F)N1CCC[C@H](c2ccnc(-c3ccc(F)cc3)n2)C1. The van der Waals surface area contributed by atoms with Crippen LogP contribution in [-0.2, 0) is 0 Å². The zero-order valence-electron chi connectivity index (χ0n) is 15.5. The summed E-state index contributed by atoms with van der Waals surface area (Å²) in [6.45, 7) is 0.742. The molecule has 148 valence electrons. The van der Waals surface area contributed by atoms with Crippen molar-refractivity contribution in [2.45, 2.75) is 18.8 Å². The van der Waals surface area contributed by atoms with Crippen LogP contribution in [0.3, 0.4) is 0 Å². The molecule has 1 atom stereocenters. The molecule has 0 N–H and O–H groups in total. The summed E-state index contributed by atoms with van der Waals surface area (Å²) in [5, 5.41) is 0. The van der Waals surface area contributed by atoms with E-state index in [1.54, 1.807) is 24.4 Å². The fourth-order valence-electron chi connectivity index (χ4n) is 3.60. The van der Waals surface area contributed by atoms with Crippen molar-refractivity contribution in [1.82, 2.24) is 14.9 Å². The summed E-state index contributed by atoms with van der Waals surface area (Å²) in [7, 11) is 0. The van der Waals surface area contributed by atoms with Gasteiger partial charge in [0, 0.05) is 36.5 Å². The van der Waals surface area contributed by atoms with Crippen LogP contribution in [0.1, 0.15) is 34.8 Å². The highest BCUT2D eigenvalue weighted by Crippen LogP contribution is 2.28. The first-order valence-corrected chi connectivity index (χ1v) is 9.35. The molecule has 3 aromatic rings. The summed E-state index contributed by atoms with van der Waals surface area (Å²) in [6, 6.07) is 11.1. The molecule has 0 radical (unpaired) electrons. The molecule has 0 aliphatic carbocycles. The van der Waals surface area contributed by atoms with Crippen LogP contribution in [-0.4, -0.2) is 33.9 Å². The highest BCUT2D eigenvalue weighted by molar-refractivity contribution is 5.94. The molecule has 1 aromatic heterocycles. The second-order valence-electron chi connectivity index (χ2n) is 7.00. The fourth-order valence-corrected chi connectivity index (χ4v) is 3.60. The van der Waals surface area contributed by atoms with Crippen molar-refractivity contribution < 1.29 is 18.0 Å². The van der Waals surface area contributed by atoms with E-state index in [1.165, 1.54) is 23.1 Å². The predicted molar refractivity (Wildman–Crippen MR) is 102 cm³/mol. The van der Waals surface area contributed by atoms with Crippen molar-refractivity contribution in [3.05, 3.63) is 83.4 Å². The minimum Gasteiger partial charge on any atom is -0.338 e. The summed E-state index contributed by atoms with van der Waals surface area (Å²) < 4.78 is 41.2. The molecule has 0 spiro atoms. The number of likely N-dealkylation sites (tertiary alicyclic amines) is 1. The second-order valence-corrected chi connectivity index (χ2v) is 7.00. The lowest BCUT2D eigenvalue weighted by Crippen LogP contribution is -2.40. The molecule has 1 saturated heterocycles. The Bertz CT molecular complexity index is 1020. The smallest absolute Gasteiger partial charge is 0.259 e. The molecule has 1 aliphatic rings. The molecule has 1 fully saturated rings. The molecule has 0 saturated carbocycles. The minimum absolute atomic E-state index is 0.0790. The first-order valence-electron chi connectivity index (χ1n) is 9.35. The zero-order chi connectivity index (χ0) is 20.4. The van der Waals surface area contributed by atoms with Gasteiger partial charge in [0.2, 0.25) is 0 Å². The van der Waals surface area contributed by atoms with Crippen LogP contribution in [0.15, 0.2) is 54.7 Å². The van der Waals surface area contributed by atoms with Gasteiger partial charge in [-0.1, -0.05) is 6.07 Å². The number of halogens is 3. The zero-order valence-corrected chi connectivity index (χ0v) is 15.5. The molecule has 1 amide bonds. The molecule has 2 heterocycles. The van der Waals surface area contributed by atoms with Gasteiger partial charge in [-0.25, -0.2) is 23.1 Å². The van der Waals surface area contributed by atoms with Gasteiger partial charge >= 0.3 is 0 Å². The van der Waals surface area contributed by atoms with E-state index < -0.39 is 23.1 Å². The Morgan fingerprint density at radius 2 is 1.72 bits per heavy atom. The highest BCUT2D eigenvalue weighted by Gasteiger charge is 2.29. The Kier molecular flexibility index (Phi) is 5.29. The lowest BCUT2D eigenvalue weighted by molar-refractivity contribution is 0.0696. The van der Waals surface area contributed by atoms with Crippen molar-refractivity contribution in [2.75, 3.05) is 13.1 Å². The Hall–Kier alpha value is -3.22. The number of hydrogen-bond acceptors (Lipinski definition) is 3. The monoisotopic (exact) mass is 397 g/mol. The third kappa shape index (κ3) is 3.99. The third-order valence-corrected chi connectivity index (χ3v) is 5.08. The number of amides is 1. The van der Waals surface area contributed by atoms with Crippen molar-refractivity contribution in [2.24, 2.45) is 0 Å². The molecule has 4 rings (SSSR count). The molecular weight excluding hydrogens is 379 g/mol. The summed E-state index contributed by atoms with van der Waals surface area (Å²) in [4.78, 5) is 23.0. The molecule has 29 heavy (non-hydrogen) atoms. The van der Waals surface area contributed by atoms with E-state index in [0.29, 0.717) is 30.9 Å². The predicted octanol–water partition coefficient (Wildman–Crippen LogP) is 4.58. The summed E-state index contributed by atoms with van der Waals surface area (Å²) in [5.41, 5.74) is 0.902. The normalized spacial score (nSPS) is 16.7. The molecule has 0 unspecified atom stereocenters. The minimum atomic E-state index is -0.863. The number of piperidine rings is 1. The number of rotatable bonds is 3. The maximum absolute atomic E-state index is 14.0. The van der Waals surface area contributed by atoms with E-state index in [0.717, 1.165) is 24.2 Å². The summed E-state index contributed by atoms with van der Waals surface area (Å²) >= 11 is 0. The van der Waals surface area contributed by atoms with Gasteiger partial charge < -0.3 is 4.90 Å². The highest BCUT2D eigenvalue weighted by atomic mass is 19.1. The molecular formula is C22H18F3N3O. The Labute approximate surface area is 166 Å². The van der Waals surface area contributed by atoms with Crippen LogP contribution in [0, 0.1) is 17.5 Å². The molecule has 0 bridgehead atoms. The van der Waals surface area contributed by atoms with Crippen molar-refractivity contribution in [3.8, 4) is 11.4 Å². The number of benzene rings is 2. The van der Waals surface area contributed by atoms with E-state index in [9.17, 15) is 18.0 Å². The third-order valence-electron chi connectivity index (χ3n) is 5.08. The lowest BCUT2D eigenvalue weighted by Gasteiger charge is -2.32. The number of hydrogen-bond donors (Lipinski definition) is 0. The number of carbonyl (C=O) groups is 1.